The average molecular weight is 322 g/mol. The smallest absolute Gasteiger partial charge is 0.252 e. The molecular formula is C15H22N4O2S. The Labute approximate surface area is 135 Å². The molecule has 2 aliphatic rings. The predicted octanol–water partition coefficient (Wildman–Crippen LogP) is 1.53. The van der Waals surface area contributed by atoms with Crippen LogP contribution in [0.5, 0.6) is 0 Å². The van der Waals surface area contributed by atoms with Gasteiger partial charge >= 0.3 is 0 Å². The molecule has 2 amide bonds. The minimum Gasteiger partial charge on any atom is -0.343 e. The van der Waals surface area contributed by atoms with Crippen LogP contribution < -0.4 is 0 Å². The lowest BCUT2D eigenvalue weighted by molar-refractivity contribution is -0.132. The van der Waals surface area contributed by atoms with Crippen LogP contribution in [0.4, 0.5) is 0 Å². The number of carbonyl (C=O) groups is 2. The molecule has 0 aromatic carbocycles. The van der Waals surface area contributed by atoms with Crippen molar-refractivity contribution in [2.75, 3.05) is 25.9 Å². The van der Waals surface area contributed by atoms with E-state index >= 15 is 0 Å². The molecule has 2 rings (SSSR count). The van der Waals surface area contributed by atoms with Gasteiger partial charge < -0.3 is 9.80 Å². The van der Waals surface area contributed by atoms with Gasteiger partial charge in [-0.05, 0) is 32.7 Å². The molecule has 0 aromatic rings. The fraction of sp³-hybridized carbons (Fsp3) is 0.600. The first-order valence-electron chi connectivity index (χ1n) is 7.33. The van der Waals surface area contributed by atoms with Gasteiger partial charge in [-0.3, -0.25) is 9.59 Å². The third-order valence-corrected chi connectivity index (χ3v) is 4.82. The SMILES string of the molecule is C=N/C(=N\C1=C(C)C(=O)N(C2CCN(C(C)=O)CC2)C1)SC. The van der Waals surface area contributed by atoms with E-state index in [1.807, 2.05) is 23.0 Å². The molecule has 1 saturated heterocycles. The number of piperidine rings is 1. The lowest BCUT2D eigenvalue weighted by Gasteiger charge is -2.36. The van der Waals surface area contributed by atoms with Crippen molar-refractivity contribution in [1.82, 2.24) is 9.80 Å². The van der Waals surface area contributed by atoms with E-state index in [0.717, 1.165) is 18.5 Å². The monoisotopic (exact) mass is 322 g/mol. The van der Waals surface area contributed by atoms with Crippen molar-refractivity contribution in [3.05, 3.63) is 11.3 Å². The Balaban J connectivity index is 2.05. The highest BCUT2D eigenvalue weighted by molar-refractivity contribution is 8.13. The summed E-state index contributed by atoms with van der Waals surface area (Å²) in [5.74, 6) is 0.150. The molecule has 6 nitrogen and oxygen atoms in total. The van der Waals surface area contributed by atoms with Crippen molar-refractivity contribution in [2.24, 2.45) is 9.98 Å². The van der Waals surface area contributed by atoms with Crippen LogP contribution in [0.2, 0.25) is 0 Å². The van der Waals surface area contributed by atoms with Gasteiger partial charge in [-0.25, -0.2) is 9.98 Å². The first-order valence-corrected chi connectivity index (χ1v) is 8.56. The third-order valence-electron chi connectivity index (χ3n) is 4.23. The predicted molar refractivity (Wildman–Crippen MR) is 90.2 cm³/mol. The Morgan fingerprint density at radius 2 is 2.00 bits per heavy atom. The third kappa shape index (κ3) is 3.40. The van der Waals surface area contributed by atoms with Gasteiger partial charge in [0.25, 0.3) is 5.91 Å². The second kappa shape index (κ2) is 7.09. The molecular weight excluding hydrogens is 300 g/mol. The van der Waals surface area contributed by atoms with Crippen LogP contribution >= 0.6 is 11.8 Å². The van der Waals surface area contributed by atoms with Crippen LogP contribution in [-0.2, 0) is 9.59 Å². The molecule has 0 unspecified atom stereocenters. The molecule has 0 radical (unpaired) electrons. The topological polar surface area (TPSA) is 65.3 Å². The highest BCUT2D eigenvalue weighted by atomic mass is 32.2. The maximum Gasteiger partial charge on any atom is 0.252 e. The number of nitrogens with zero attached hydrogens (tertiary/aromatic N) is 4. The van der Waals surface area contributed by atoms with Gasteiger partial charge in [-0.1, -0.05) is 11.8 Å². The van der Waals surface area contributed by atoms with Gasteiger partial charge in [0, 0.05) is 31.6 Å². The number of amidine groups is 1. The van der Waals surface area contributed by atoms with Crippen LogP contribution in [0, 0.1) is 0 Å². The summed E-state index contributed by atoms with van der Waals surface area (Å²) in [6.07, 6.45) is 3.53. The molecule has 0 N–H and O–H groups in total. The molecule has 0 saturated carbocycles. The minimum atomic E-state index is 0.0459. The zero-order valence-corrected chi connectivity index (χ0v) is 14.2. The molecule has 1 fully saturated rings. The Kier molecular flexibility index (Phi) is 5.39. The minimum absolute atomic E-state index is 0.0459. The van der Waals surface area contributed by atoms with Crippen LogP contribution in [0.1, 0.15) is 26.7 Å². The van der Waals surface area contributed by atoms with Gasteiger partial charge in [0.05, 0.1) is 12.2 Å². The van der Waals surface area contributed by atoms with E-state index in [9.17, 15) is 9.59 Å². The number of carbonyl (C=O) groups excluding carboxylic acids is 2. The van der Waals surface area contributed by atoms with E-state index in [2.05, 4.69) is 16.7 Å². The molecule has 2 heterocycles. The van der Waals surface area contributed by atoms with Crippen molar-refractivity contribution in [3.63, 3.8) is 0 Å². The van der Waals surface area contributed by atoms with E-state index in [1.165, 1.54) is 11.8 Å². The molecule has 0 spiro atoms. The largest absolute Gasteiger partial charge is 0.343 e. The second-order valence-electron chi connectivity index (χ2n) is 5.50. The van der Waals surface area contributed by atoms with E-state index < -0.39 is 0 Å². The Morgan fingerprint density at radius 3 is 2.50 bits per heavy atom. The summed E-state index contributed by atoms with van der Waals surface area (Å²) in [7, 11) is 0. The Morgan fingerprint density at radius 1 is 1.36 bits per heavy atom. The van der Waals surface area contributed by atoms with Crippen LogP contribution in [0.25, 0.3) is 0 Å². The second-order valence-corrected chi connectivity index (χ2v) is 6.27. The number of amides is 2. The van der Waals surface area contributed by atoms with Crippen LogP contribution in [0.3, 0.4) is 0 Å². The molecule has 0 aliphatic carbocycles. The zero-order chi connectivity index (χ0) is 16.3. The number of aliphatic imine (C=N–C) groups is 2. The summed E-state index contributed by atoms with van der Waals surface area (Å²) in [6.45, 7) is 8.84. The first kappa shape index (κ1) is 16.7. The fourth-order valence-electron chi connectivity index (χ4n) is 2.86. The van der Waals surface area contributed by atoms with Crippen molar-refractivity contribution in [3.8, 4) is 0 Å². The summed E-state index contributed by atoms with van der Waals surface area (Å²) in [5.41, 5.74) is 1.46. The molecule has 0 atom stereocenters. The molecule has 0 bridgehead atoms. The normalized spacial score (nSPS) is 20.9. The van der Waals surface area contributed by atoms with Gasteiger partial charge in [0.1, 0.15) is 0 Å². The Bertz CT molecular complexity index is 548. The van der Waals surface area contributed by atoms with Gasteiger partial charge in [0.2, 0.25) is 5.91 Å². The summed E-state index contributed by atoms with van der Waals surface area (Å²) in [6, 6.07) is 0.181. The maximum absolute atomic E-state index is 12.5. The molecule has 22 heavy (non-hydrogen) atoms. The van der Waals surface area contributed by atoms with Gasteiger partial charge in [-0.15, -0.1) is 0 Å². The number of hydrogen-bond acceptors (Lipinski definition) is 4. The fourth-order valence-corrected chi connectivity index (χ4v) is 3.19. The van der Waals surface area contributed by atoms with Crippen LogP contribution in [0.15, 0.2) is 21.3 Å². The highest BCUT2D eigenvalue weighted by Crippen LogP contribution is 2.27. The number of hydrogen-bond donors (Lipinski definition) is 0. The van der Waals surface area contributed by atoms with Crippen LogP contribution in [-0.4, -0.2) is 65.4 Å². The van der Waals surface area contributed by atoms with Crippen molar-refractivity contribution in [1.29, 1.82) is 0 Å². The van der Waals surface area contributed by atoms with E-state index in [-0.39, 0.29) is 17.9 Å². The lowest BCUT2D eigenvalue weighted by atomic mass is 10.0. The Hall–Kier alpha value is -1.63. The zero-order valence-electron chi connectivity index (χ0n) is 13.3. The number of rotatable bonds is 2. The molecule has 0 aromatic heterocycles. The number of likely N-dealkylation sites (tertiary alicyclic amines) is 1. The van der Waals surface area contributed by atoms with Crippen molar-refractivity contribution in [2.45, 2.75) is 32.7 Å². The first-order chi connectivity index (χ1) is 10.5. The molecule has 2 aliphatic heterocycles. The van der Waals surface area contributed by atoms with Gasteiger partial charge in [-0.2, -0.15) is 0 Å². The van der Waals surface area contributed by atoms with Crippen molar-refractivity contribution >= 4 is 35.5 Å². The standard InChI is InChI=1S/C15H22N4O2S/c1-10-13(17-15(16-3)22-4)9-19(14(10)21)12-5-7-18(8-6-12)11(2)20/h12H,3,5-9H2,1-2,4H3/b17-15+. The quantitative estimate of drug-likeness (QED) is 0.572. The van der Waals surface area contributed by atoms with E-state index in [4.69, 9.17) is 0 Å². The molecule has 7 heteroatoms. The van der Waals surface area contributed by atoms with Gasteiger partial charge in [0.15, 0.2) is 5.17 Å². The lowest BCUT2D eigenvalue weighted by Crippen LogP contribution is -2.47. The van der Waals surface area contributed by atoms with E-state index in [1.54, 1.807) is 6.92 Å². The van der Waals surface area contributed by atoms with E-state index in [0.29, 0.717) is 30.4 Å². The molecule has 120 valence electrons. The summed E-state index contributed by atoms with van der Waals surface area (Å²) < 4.78 is 0. The summed E-state index contributed by atoms with van der Waals surface area (Å²) in [4.78, 5) is 35.8. The maximum atomic E-state index is 12.5. The summed E-state index contributed by atoms with van der Waals surface area (Å²) >= 11 is 1.41. The highest BCUT2D eigenvalue weighted by Gasteiger charge is 2.35. The van der Waals surface area contributed by atoms with Crippen molar-refractivity contribution < 1.29 is 9.59 Å². The number of thioether (sulfide) groups is 1. The average Bonchev–Trinajstić information content (AvgIpc) is 2.80. The summed E-state index contributed by atoms with van der Waals surface area (Å²) in [5, 5.41) is 0.579.